The Kier molecular flexibility index (Phi) is 7.09. The minimum Gasteiger partial charge on any atom is -0.545 e. The monoisotopic (exact) mass is 363 g/mol. The second-order valence-electron chi connectivity index (χ2n) is 8.05. The van der Waals surface area contributed by atoms with Crippen molar-refractivity contribution in [2.45, 2.75) is 70.6 Å². The van der Waals surface area contributed by atoms with Gasteiger partial charge in [0.25, 0.3) is 0 Å². The summed E-state index contributed by atoms with van der Waals surface area (Å²) in [5.74, 6) is 0.497. The largest absolute Gasteiger partial charge is 0.545 e. The average Bonchev–Trinajstić information content (AvgIpc) is 2.94. The van der Waals surface area contributed by atoms with Crippen molar-refractivity contribution in [2.75, 3.05) is 0 Å². The van der Waals surface area contributed by atoms with Crippen LogP contribution in [0.15, 0.2) is 48.5 Å². The lowest BCUT2D eigenvalue weighted by molar-refractivity contribution is -0.255. The van der Waals surface area contributed by atoms with Gasteiger partial charge in [0.1, 0.15) is 0 Å². The minimum absolute atomic E-state index is 0.224. The molecule has 2 heteroatoms. The summed E-state index contributed by atoms with van der Waals surface area (Å²) in [6.07, 6.45) is 12.3. The van der Waals surface area contributed by atoms with E-state index in [0.717, 1.165) is 17.0 Å². The van der Waals surface area contributed by atoms with Gasteiger partial charge in [-0.15, -0.1) is 0 Å². The van der Waals surface area contributed by atoms with Gasteiger partial charge in [-0.25, -0.2) is 0 Å². The van der Waals surface area contributed by atoms with Crippen molar-refractivity contribution in [3.05, 3.63) is 59.7 Å². The summed E-state index contributed by atoms with van der Waals surface area (Å²) >= 11 is 0. The molecular formula is C25H31O2-. The van der Waals surface area contributed by atoms with Crippen molar-refractivity contribution >= 4 is 5.97 Å². The highest BCUT2D eigenvalue weighted by molar-refractivity contribution is 5.86. The van der Waals surface area contributed by atoms with Crippen molar-refractivity contribution < 1.29 is 9.90 Å². The maximum absolute atomic E-state index is 10.9. The van der Waals surface area contributed by atoms with Crippen LogP contribution in [0.3, 0.4) is 0 Å². The Balaban J connectivity index is 1.60. The molecule has 2 aromatic carbocycles. The number of rotatable bonds is 7. The predicted octanol–water partition coefficient (Wildman–Crippen LogP) is 5.96. The van der Waals surface area contributed by atoms with Gasteiger partial charge in [0.15, 0.2) is 0 Å². The fraction of sp³-hybridized carbons (Fsp3) is 0.480. The number of hydrogen-bond donors (Lipinski definition) is 0. The Bertz CT molecular complexity index is 715. The van der Waals surface area contributed by atoms with E-state index in [1.807, 2.05) is 12.1 Å². The van der Waals surface area contributed by atoms with Crippen LogP contribution in [0.2, 0.25) is 0 Å². The first-order valence-corrected chi connectivity index (χ1v) is 10.6. The molecule has 0 aliphatic heterocycles. The van der Waals surface area contributed by atoms with Crippen molar-refractivity contribution in [2.24, 2.45) is 5.92 Å². The lowest BCUT2D eigenvalue weighted by Gasteiger charge is -2.16. The van der Waals surface area contributed by atoms with Gasteiger partial charge in [-0.2, -0.15) is 0 Å². The van der Waals surface area contributed by atoms with Gasteiger partial charge in [0.2, 0.25) is 0 Å². The first-order valence-electron chi connectivity index (χ1n) is 10.6. The van der Waals surface area contributed by atoms with Gasteiger partial charge in [-0.05, 0) is 53.4 Å². The van der Waals surface area contributed by atoms with E-state index in [-0.39, 0.29) is 5.56 Å². The molecule has 0 heterocycles. The molecule has 1 aliphatic rings. The molecule has 0 bridgehead atoms. The lowest BCUT2D eigenvalue weighted by Crippen LogP contribution is -2.21. The fourth-order valence-electron chi connectivity index (χ4n) is 4.43. The van der Waals surface area contributed by atoms with E-state index >= 15 is 0 Å². The summed E-state index contributed by atoms with van der Waals surface area (Å²) in [4.78, 5) is 10.9. The zero-order chi connectivity index (χ0) is 19.1. The van der Waals surface area contributed by atoms with E-state index in [0.29, 0.717) is 5.92 Å². The molecule has 0 saturated heterocycles. The van der Waals surface area contributed by atoms with Crippen LogP contribution in [0.25, 0.3) is 11.1 Å². The zero-order valence-electron chi connectivity index (χ0n) is 16.5. The van der Waals surface area contributed by atoms with Gasteiger partial charge < -0.3 is 9.90 Å². The van der Waals surface area contributed by atoms with E-state index < -0.39 is 5.97 Å². The van der Waals surface area contributed by atoms with Gasteiger partial charge in [-0.1, -0.05) is 94.0 Å². The van der Waals surface area contributed by atoms with Gasteiger partial charge in [-0.3, -0.25) is 0 Å². The van der Waals surface area contributed by atoms with Gasteiger partial charge >= 0.3 is 0 Å². The predicted molar refractivity (Wildman–Crippen MR) is 110 cm³/mol. The Labute approximate surface area is 163 Å². The van der Waals surface area contributed by atoms with Crippen molar-refractivity contribution in [1.29, 1.82) is 0 Å². The first-order chi connectivity index (χ1) is 13.2. The third kappa shape index (κ3) is 5.45. The molecule has 0 N–H and O–H groups in total. The number of carboxylic acid groups (broad SMARTS) is 1. The number of carboxylic acids is 1. The van der Waals surface area contributed by atoms with Gasteiger partial charge in [0.05, 0.1) is 5.97 Å². The zero-order valence-corrected chi connectivity index (χ0v) is 16.5. The third-order valence-electron chi connectivity index (χ3n) is 6.14. The third-order valence-corrected chi connectivity index (χ3v) is 6.14. The highest BCUT2D eigenvalue weighted by Crippen LogP contribution is 2.36. The molecule has 1 aliphatic carbocycles. The van der Waals surface area contributed by atoms with Crippen LogP contribution in [-0.2, 0) is 0 Å². The SMILES string of the molecule is CCCCC[C@@H]1CCC[C@H](c2ccc(-c3ccc(C(=O)[O-])cc3)cc2)CC1. The van der Waals surface area contributed by atoms with E-state index in [1.165, 1.54) is 63.4 Å². The van der Waals surface area contributed by atoms with Crippen LogP contribution < -0.4 is 5.11 Å². The molecule has 2 nitrogen and oxygen atoms in total. The summed E-state index contributed by atoms with van der Waals surface area (Å²) in [6, 6.07) is 15.8. The molecule has 3 rings (SSSR count). The minimum atomic E-state index is -1.13. The second kappa shape index (κ2) is 9.73. The van der Waals surface area contributed by atoms with Crippen LogP contribution in [-0.4, -0.2) is 5.97 Å². The first kappa shape index (κ1) is 19.7. The molecular weight excluding hydrogens is 332 g/mol. The number of carbonyl (C=O) groups is 1. The van der Waals surface area contributed by atoms with Crippen LogP contribution in [0.1, 0.15) is 86.6 Å². The maximum Gasteiger partial charge on any atom is 0.0715 e. The molecule has 1 fully saturated rings. The normalized spacial score (nSPS) is 20.2. The lowest BCUT2D eigenvalue weighted by atomic mass is 9.89. The summed E-state index contributed by atoms with van der Waals surface area (Å²) < 4.78 is 0. The van der Waals surface area contributed by atoms with E-state index in [9.17, 15) is 9.90 Å². The van der Waals surface area contributed by atoms with Crippen LogP contribution in [0.4, 0.5) is 0 Å². The van der Waals surface area contributed by atoms with Crippen molar-refractivity contribution in [3.63, 3.8) is 0 Å². The summed E-state index contributed by atoms with van der Waals surface area (Å²) in [7, 11) is 0. The highest BCUT2D eigenvalue weighted by Gasteiger charge is 2.20. The van der Waals surface area contributed by atoms with Crippen molar-refractivity contribution in [3.8, 4) is 11.1 Å². The molecule has 27 heavy (non-hydrogen) atoms. The number of benzene rings is 2. The number of aromatic carboxylic acids is 1. The molecule has 0 radical (unpaired) electrons. The molecule has 1 saturated carbocycles. The number of hydrogen-bond acceptors (Lipinski definition) is 2. The Hall–Kier alpha value is -2.09. The molecule has 144 valence electrons. The fourth-order valence-corrected chi connectivity index (χ4v) is 4.43. The molecule has 0 amide bonds. The second-order valence-corrected chi connectivity index (χ2v) is 8.05. The van der Waals surface area contributed by atoms with E-state index in [4.69, 9.17) is 0 Å². The van der Waals surface area contributed by atoms with E-state index in [1.54, 1.807) is 12.1 Å². The van der Waals surface area contributed by atoms with Crippen LogP contribution >= 0.6 is 0 Å². The molecule has 2 atom stereocenters. The molecule has 0 unspecified atom stereocenters. The maximum atomic E-state index is 10.9. The average molecular weight is 364 g/mol. The highest BCUT2D eigenvalue weighted by atomic mass is 16.4. The van der Waals surface area contributed by atoms with Crippen molar-refractivity contribution in [1.82, 2.24) is 0 Å². The molecule has 0 spiro atoms. The summed E-state index contributed by atoms with van der Waals surface area (Å²) in [5, 5.41) is 10.9. The molecule has 2 aromatic rings. The Morgan fingerprint density at radius 3 is 2.19 bits per heavy atom. The summed E-state index contributed by atoms with van der Waals surface area (Å²) in [5.41, 5.74) is 3.86. The molecule has 0 aromatic heterocycles. The number of unbranched alkanes of at least 4 members (excludes halogenated alkanes) is 2. The quantitative estimate of drug-likeness (QED) is 0.450. The van der Waals surface area contributed by atoms with E-state index in [2.05, 4.69) is 31.2 Å². The van der Waals surface area contributed by atoms with Gasteiger partial charge in [0, 0.05) is 0 Å². The Morgan fingerprint density at radius 2 is 1.56 bits per heavy atom. The number of carbonyl (C=O) groups excluding carboxylic acids is 1. The summed E-state index contributed by atoms with van der Waals surface area (Å²) in [6.45, 7) is 2.28. The van der Waals surface area contributed by atoms with Crippen LogP contribution in [0.5, 0.6) is 0 Å². The standard InChI is InChI=1S/C25H32O2/c1-2-3-4-6-19-7-5-8-20(10-9-19)21-11-13-22(14-12-21)23-15-17-24(18-16-23)25(26)27/h11-20H,2-10H2,1H3,(H,26,27)/p-1/t19-,20+/m1/s1. The van der Waals surface area contributed by atoms with Crippen LogP contribution in [0, 0.1) is 5.92 Å². The topological polar surface area (TPSA) is 40.1 Å². The smallest absolute Gasteiger partial charge is 0.0715 e. The Morgan fingerprint density at radius 1 is 0.889 bits per heavy atom.